The zero-order valence-electron chi connectivity index (χ0n) is 17.9. The number of benzene rings is 1. The average molecular weight is 462 g/mol. The molecule has 0 saturated carbocycles. The molecule has 0 radical (unpaired) electrons. The SMILES string of the molecule is COCCN(CCOC)C(=O)CC1CSc2nc3c(cnn3-c3ccc(F)cc3)c(=O)n21. The van der Waals surface area contributed by atoms with Gasteiger partial charge in [0.25, 0.3) is 5.56 Å². The number of hydrogen-bond donors (Lipinski definition) is 0. The van der Waals surface area contributed by atoms with Crippen LogP contribution in [0.25, 0.3) is 16.7 Å². The third-order valence-electron chi connectivity index (χ3n) is 5.34. The second kappa shape index (κ2) is 9.80. The molecule has 11 heteroatoms. The highest BCUT2D eigenvalue weighted by Crippen LogP contribution is 2.33. The number of thioether (sulfide) groups is 1. The molecule has 1 aliphatic rings. The normalized spacial score (nSPS) is 15.3. The van der Waals surface area contributed by atoms with Crippen LogP contribution in [0.1, 0.15) is 12.5 Å². The maximum Gasteiger partial charge on any atom is 0.265 e. The number of carbonyl (C=O) groups is 1. The molecule has 3 aromatic rings. The standard InChI is InChI=1S/C21H24FN5O4S/c1-30-9-7-25(8-10-31-2)18(28)11-16-13-32-21-24-19-17(20(29)26(16)21)12-23-27(19)15-5-3-14(22)4-6-15/h3-6,12,16H,7-11,13H2,1-2H3. The van der Waals surface area contributed by atoms with E-state index >= 15 is 0 Å². The first-order valence-corrected chi connectivity index (χ1v) is 11.2. The number of nitrogens with zero attached hydrogens (tertiary/aromatic N) is 5. The summed E-state index contributed by atoms with van der Waals surface area (Å²) in [5.41, 5.74) is 0.788. The van der Waals surface area contributed by atoms with Crippen molar-refractivity contribution in [2.24, 2.45) is 0 Å². The summed E-state index contributed by atoms with van der Waals surface area (Å²) in [5, 5.41) is 5.19. The highest BCUT2D eigenvalue weighted by molar-refractivity contribution is 7.99. The minimum atomic E-state index is -0.354. The monoisotopic (exact) mass is 461 g/mol. The summed E-state index contributed by atoms with van der Waals surface area (Å²) in [5.74, 6) is 0.159. The molecule has 1 aromatic carbocycles. The van der Waals surface area contributed by atoms with Gasteiger partial charge in [0.2, 0.25) is 5.91 Å². The first kappa shape index (κ1) is 22.4. The third kappa shape index (κ3) is 4.41. The lowest BCUT2D eigenvalue weighted by Gasteiger charge is -2.24. The van der Waals surface area contributed by atoms with Crippen molar-refractivity contribution >= 4 is 28.7 Å². The van der Waals surface area contributed by atoms with Crippen molar-refractivity contribution in [1.29, 1.82) is 0 Å². The van der Waals surface area contributed by atoms with E-state index in [1.54, 1.807) is 35.8 Å². The van der Waals surface area contributed by atoms with Gasteiger partial charge < -0.3 is 14.4 Å². The van der Waals surface area contributed by atoms with Gasteiger partial charge in [-0.1, -0.05) is 11.8 Å². The third-order valence-corrected chi connectivity index (χ3v) is 6.43. The van der Waals surface area contributed by atoms with Crippen LogP contribution in [0.15, 0.2) is 40.4 Å². The van der Waals surface area contributed by atoms with E-state index in [0.29, 0.717) is 53.9 Å². The van der Waals surface area contributed by atoms with Gasteiger partial charge in [-0.05, 0) is 24.3 Å². The highest BCUT2D eigenvalue weighted by Gasteiger charge is 2.30. The zero-order chi connectivity index (χ0) is 22.7. The molecule has 0 aliphatic carbocycles. The van der Waals surface area contributed by atoms with Crippen molar-refractivity contribution in [2.75, 3.05) is 46.3 Å². The molecule has 4 rings (SSSR count). The van der Waals surface area contributed by atoms with E-state index in [1.807, 2.05) is 0 Å². The van der Waals surface area contributed by atoms with Gasteiger partial charge in [-0.15, -0.1) is 0 Å². The predicted molar refractivity (Wildman–Crippen MR) is 118 cm³/mol. The molecular formula is C21H24FN5O4S. The number of amides is 1. The number of ether oxygens (including phenoxy) is 2. The van der Waals surface area contributed by atoms with Crippen molar-refractivity contribution in [3.8, 4) is 5.69 Å². The summed E-state index contributed by atoms with van der Waals surface area (Å²) in [7, 11) is 3.18. The maximum absolute atomic E-state index is 13.3. The summed E-state index contributed by atoms with van der Waals surface area (Å²) >= 11 is 1.43. The molecular weight excluding hydrogens is 437 g/mol. The molecule has 1 unspecified atom stereocenters. The molecule has 1 atom stereocenters. The van der Waals surface area contributed by atoms with E-state index < -0.39 is 0 Å². The van der Waals surface area contributed by atoms with Crippen molar-refractivity contribution in [1.82, 2.24) is 24.2 Å². The maximum atomic E-state index is 13.3. The van der Waals surface area contributed by atoms with E-state index in [0.717, 1.165) is 0 Å². The van der Waals surface area contributed by atoms with Crippen LogP contribution in [0, 0.1) is 5.82 Å². The van der Waals surface area contributed by atoms with Gasteiger partial charge in [0.05, 0.1) is 31.1 Å². The lowest BCUT2D eigenvalue weighted by molar-refractivity contribution is -0.133. The summed E-state index contributed by atoms with van der Waals surface area (Å²) in [4.78, 5) is 32.5. The van der Waals surface area contributed by atoms with Gasteiger partial charge in [-0.3, -0.25) is 14.2 Å². The van der Waals surface area contributed by atoms with E-state index in [9.17, 15) is 14.0 Å². The first-order valence-electron chi connectivity index (χ1n) is 10.2. The Balaban J connectivity index is 1.61. The van der Waals surface area contributed by atoms with Crippen LogP contribution in [0.5, 0.6) is 0 Å². The van der Waals surface area contributed by atoms with Gasteiger partial charge in [-0.25, -0.2) is 14.1 Å². The van der Waals surface area contributed by atoms with E-state index in [1.165, 1.54) is 34.8 Å². The molecule has 0 spiro atoms. The molecule has 2 aromatic heterocycles. The number of hydrogen-bond acceptors (Lipinski definition) is 7. The van der Waals surface area contributed by atoms with Crippen LogP contribution in [0.4, 0.5) is 4.39 Å². The summed E-state index contributed by atoms with van der Waals surface area (Å²) in [6.45, 7) is 1.77. The first-order chi connectivity index (χ1) is 15.5. The Bertz CT molecular complexity index is 1160. The summed E-state index contributed by atoms with van der Waals surface area (Å²) in [6.07, 6.45) is 1.65. The minimum absolute atomic E-state index is 0.0634. The topological polar surface area (TPSA) is 91.5 Å². The fraction of sp³-hybridized carbons (Fsp3) is 0.429. The Morgan fingerprint density at radius 2 is 1.91 bits per heavy atom. The summed E-state index contributed by atoms with van der Waals surface area (Å²) < 4.78 is 26.6. The molecule has 0 fully saturated rings. The molecule has 3 heterocycles. The second-order valence-electron chi connectivity index (χ2n) is 7.37. The van der Waals surface area contributed by atoms with E-state index in [2.05, 4.69) is 10.1 Å². The molecule has 32 heavy (non-hydrogen) atoms. The minimum Gasteiger partial charge on any atom is -0.383 e. The molecule has 0 saturated heterocycles. The fourth-order valence-corrected chi connectivity index (χ4v) is 4.78. The lowest BCUT2D eigenvalue weighted by Crippen LogP contribution is -2.38. The van der Waals surface area contributed by atoms with E-state index in [-0.39, 0.29) is 29.7 Å². The lowest BCUT2D eigenvalue weighted by atomic mass is 10.2. The fourth-order valence-electron chi connectivity index (χ4n) is 3.65. The molecule has 0 N–H and O–H groups in total. The molecule has 1 aliphatic heterocycles. The van der Waals surface area contributed by atoms with Gasteiger partial charge in [0.15, 0.2) is 10.8 Å². The van der Waals surface area contributed by atoms with Crippen molar-refractivity contribution < 1.29 is 18.7 Å². The van der Waals surface area contributed by atoms with Crippen molar-refractivity contribution in [3.05, 3.63) is 46.6 Å². The van der Waals surface area contributed by atoms with Crippen LogP contribution in [-0.2, 0) is 14.3 Å². The van der Waals surface area contributed by atoms with Crippen LogP contribution in [0.2, 0.25) is 0 Å². The van der Waals surface area contributed by atoms with Crippen LogP contribution in [-0.4, -0.2) is 76.4 Å². The molecule has 9 nitrogen and oxygen atoms in total. The average Bonchev–Trinajstić information content (AvgIpc) is 3.39. The molecule has 1 amide bonds. The molecule has 170 valence electrons. The van der Waals surface area contributed by atoms with Crippen LogP contribution in [0.3, 0.4) is 0 Å². The Hall–Kier alpha value is -2.76. The van der Waals surface area contributed by atoms with Gasteiger partial charge in [0.1, 0.15) is 11.2 Å². The number of halogens is 1. The number of rotatable bonds is 9. The van der Waals surface area contributed by atoms with Crippen LogP contribution < -0.4 is 5.56 Å². The number of fused-ring (bicyclic) bond motifs is 2. The van der Waals surface area contributed by atoms with Gasteiger partial charge in [-0.2, -0.15) is 5.10 Å². The van der Waals surface area contributed by atoms with E-state index in [4.69, 9.17) is 9.47 Å². The molecule has 0 bridgehead atoms. The van der Waals surface area contributed by atoms with Crippen LogP contribution >= 0.6 is 11.8 Å². The largest absolute Gasteiger partial charge is 0.383 e. The van der Waals surface area contributed by atoms with Crippen molar-refractivity contribution in [3.63, 3.8) is 0 Å². The van der Waals surface area contributed by atoms with Gasteiger partial charge >= 0.3 is 0 Å². The Morgan fingerprint density at radius 1 is 1.22 bits per heavy atom. The quantitative estimate of drug-likeness (QED) is 0.450. The predicted octanol–water partition coefficient (Wildman–Crippen LogP) is 1.88. The smallest absolute Gasteiger partial charge is 0.265 e. The highest BCUT2D eigenvalue weighted by atomic mass is 32.2. The Labute approximate surface area is 188 Å². The number of aromatic nitrogens is 4. The Kier molecular flexibility index (Phi) is 6.87. The second-order valence-corrected chi connectivity index (χ2v) is 8.36. The Morgan fingerprint density at radius 3 is 2.56 bits per heavy atom. The summed E-state index contributed by atoms with van der Waals surface area (Å²) in [6, 6.07) is 5.53. The zero-order valence-corrected chi connectivity index (χ0v) is 18.7. The van der Waals surface area contributed by atoms with Crippen molar-refractivity contribution in [2.45, 2.75) is 17.6 Å². The number of carbonyl (C=O) groups excluding carboxylic acids is 1. The van der Waals surface area contributed by atoms with Gasteiger partial charge in [0, 0.05) is 39.5 Å². The number of methoxy groups -OCH3 is 2.